The lowest BCUT2D eigenvalue weighted by atomic mass is 9.98. The van der Waals surface area contributed by atoms with E-state index in [2.05, 4.69) is 20.7 Å². The summed E-state index contributed by atoms with van der Waals surface area (Å²) in [5.74, 6) is -0.302. The number of hydrogen-bond donors (Lipinski definition) is 1. The average molecular weight is 472 g/mol. The molecule has 0 amide bonds. The zero-order valence-corrected chi connectivity index (χ0v) is 18.6. The fraction of sp³-hybridized carbons (Fsp3) is 0.174. The van der Waals surface area contributed by atoms with Gasteiger partial charge in [-0.05, 0) is 31.5 Å². The van der Waals surface area contributed by atoms with Gasteiger partial charge in [-0.15, -0.1) is 0 Å². The van der Waals surface area contributed by atoms with Crippen LogP contribution in [0.25, 0.3) is 0 Å². The van der Waals surface area contributed by atoms with Gasteiger partial charge in [0.15, 0.2) is 5.78 Å². The van der Waals surface area contributed by atoms with Crippen LogP contribution in [0, 0.1) is 13.8 Å². The highest BCUT2D eigenvalue weighted by Crippen LogP contribution is 2.30. The van der Waals surface area contributed by atoms with E-state index in [0.717, 1.165) is 16.7 Å². The van der Waals surface area contributed by atoms with Gasteiger partial charge in [-0.1, -0.05) is 93.8 Å². The summed E-state index contributed by atoms with van der Waals surface area (Å²) in [6, 6.07) is 21.9. The van der Waals surface area contributed by atoms with Gasteiger partial charge in [0, 0.05) is 5.56 Å². The molecule has 0 aliphatic rings. The Morgan fingerprint density at radius 1 is 0.828 bits per heavy atom. The fourth-order valence-electron chi connectivity index (χ4n) is 2.92. The molecule has 3 aromatic carbocycles. The van der Waals surface area contributed by atoms with Crippen molar-refractivity contribution in [1.29, 1.82) is 0 Å². The number of Topliss-reactive ketones (excluding diaryl/α,β-unsaturated/α-hetero) is 1. The number of hydrogen-bond acceptors (Lipinski definition) is 3. The Labute approximate surface area is 180 Å². The molecule has 0 heterocycles. The Kier molecular flexibility index (Phi) is 6.67. The quantitative estimate of drug-likeness (QED) is 0.390. The smallest absolute Gasteiger partial charge is 0.241 e. The van der Waals surface area contributed by atoms with Gasteiger partial charge in [-0.2, -0.15) is 4.72 Å². The number of halogens is 1. The third-order valence-electron chi connectivity index (χ3n) is 4.64. The Morgan fingerprint density at radius 3 is 1.90 bits per heavy atom. The molecule has 3 rings (SSSR count). The summed E-state index contributed by atoms with van der Waals surface area (Å²) in [6.07, 6.45) is 0. The standard InChI is InChI=1S/C23H22BrNO3S/c1-16-8-12-18(13-9-16)21(24)22(23(26)19-6-4-3-5-7-19)25-29(27,28)20-14-10-17(2)11-15-20/h3-15,21-22,25H,1-2H3/t21-,22-/m0/s1. The van der Waals surface area contributed by atoms with E-state index in [1.807, 2.05) is 44.2 Å². The maximum atomic E-state index is 13.2. The van der Waals surface area contributed by atoms with Crippen LogP contribution in [0.1, 0.15) is 31.9 Å². The third-order valence-corrected chi connectivity index (χ3v) is 7.16. The van der Waals surface area contributed by atoms with Crippen LogP contribution in [-0.4, -0.2) is 20.2 Å². The van der Waals surface area contributed by atoms with E-state index < -0.39 is 20.9 Å². The second-order valence-corrected chi connectivity index (χ2v) is 9.66. The molecule has 0 spiro atoms. The molecule has 0 aliphatic carbocycles. The highest BCUT2D eigenvalue weighted by atomic mass is 79.9. The number of sulfonamides is 1. The normalized spacial score (nSPS) is 13.6. The number of nitrogens with one attached hydrogen (secondary N) is 1. The van der Waals surface area contributed by atoms with Gasteiger partial charge in [-0.3, -0.25) is 4.79 Å². The van der Waals surface area contributed by atoms with Crippen LogP contribution in [0.4, 0.5) is 0 Å². The Hall–Kier alpha value is -2.28. The van der Waals surface area contributed by atoms with E-state index in [9.17, 15) is 13.2 Å². The van der Waals surface area contributed by atoms with Crippen molar-refractivity contribution >= 4 is 31.7 Å². The average Bonchev–Trinajstić information content (AvgIpc) is 2.72. The highest BCUT2D eigenvalue weighted by Gasteiger charge is 2.33. The van der Waals surface area contributed by atoms with Gasteiger partial charge in [0.1, 0.15) is 6.04 Å². The van der Waals surface area contributed by atoms with Crippen molar-refractivity contribution in [3.63, 3.8) is 0 Å². The maximum Gasteiger partial charge on any atom is 0.241 e. The molecule has 0 fully saturated rings. The molecular weight excluding hydrogens is 450 g/mol. The zero-order chi connectivity index (χ0) is 21.0. The lowest BCUT2D eigenvalue weighted by molar-refractivity contribution is 0.0952. The van der Waals surface area contributed by atoms with Gasteiger partial charge in [0.2, 0.25) is 10.0 Å². The summed E-state index contributed by atoms with van der Waals surface area (Å²) >= 11 is 3.56. The fourth-order valence-corrected chi connectivity index (χ4v) is 4.98. The van der Waals surface area contributed by atoms with Crippen LogP contribution in [-0.2, 0) is 10.0 Å². The number of carbonyl (C=O) groups is 1. The van der Waals surface area contributed by atoms with E-state index in [1.54, 1.807) is 36.4 Å². The molecule has 3 aromatic rings. The summed E-state index contributed by atoms with van der Waals surface area (Å²) in [5.41, 5.74) is 3.30. The summed E-state index contributed by atoms with van der Waals surface area (Å²) in [4.78, 5) is 12.8. The SMILES string of the molecule is Cc1ccc([C@H](Br)[C@H](NS(=O)(=O)c2ccc(C)cc2)C(=O)c2ccccc2)cc1. The van der Waals surface area contributed by atoms with E-state index >= 15 is 0 Å². The van der Waals surface area contributed by atoms with Gasteiger partial charge in [-0.25, -0.2) is 8.42 Å². The van der Waals surface area contributed by atoms with Crippen molar-refractivity contribution in [2.45, 2.75) is 29.6 Å². The zero-order valence-electron chi connectivity index (χ0n) is 16.2. The number of carbonyl (C=O) groups excluding carboxylic acids is 1. The van der Waals surface area contributed by atoms with Crippen molar-refractivity contribution in [3.8, 4) is 0 Å². The summed E-state index contributed by atoms with van der Waals surface area (Å²) in [7, 11) is -3.89. The minimum Gasteiger partial charge on any atom is -0.292 e. The maximum absolute atomic E-state index is 13.2. The molecule has 1 N–H and O–H groups in total. The van der Waals surface area contributed by atoms with E-state index in [1.165, 1.54) is 12.1 Å². The molecule has 0 saturated heterocycles. The molecular formula is C23H22BrNO3S. The first kappa shape index (κ1) is 21.4. The summed E-state index contributed by atoms with van der Waals surface area (Å²) < 4.78 is 28.6. The first-order chi connectivity index (χ1) is 13.8. The minimum atomic E-state index is -3.89. The molecule has 2 atom stereocenters. The lowest BCUT2D eigenvalue weighted by Crippen LogP contribution is -2.43. The molecule has 0 aliphatic heterocycles. The van der Waals surface area contributed by atoms with Gasteiger partial charge in [0.05, 0.1) is 9.72 Å². The van der Waals surface area contributed by atoms with Crippen molar-refractivity contribution in [1.82, 2.24) is 4.72 Å². The van der Waals surface area contributed by atoms with Crippen LogP contribution in [0.5, 0.6) is 0 Å². The summed E-state index contributed by atoms with van der Waals surface area (Å²) in [6.45, 7) is 3.86. The van der Waals surface area contributed by atoms with Crippen LogP contribution >= 0.6 is 15.9 Å². The minimum absolute atomic E-state index is 0.123. The van der Waals surface area contributed by atoms with Crippen LogP contribution < -0.4 is 4.72 Å². The summed E-state index contributed by atoms with van der Waals surface area (Å²) in [5, 5.41) is 0. The Morgan fingerprint density at radius 2 is 1.34 bits per heavy atom. The van der Waals surface area contributed by atoms with Crippen molar-refractivity contribution in [2.24, 2.45) is 0 Å². The predicted octanol–water partition coefficient (Wildman–Crippen LogP) is 4.97. The molecule has 0 aromatic heterocycles. The molecule has 0 unspecified atom stereocenters. The van der Waals surface area contributed by atoms with Crippen molar-refractivity contribution < 1.29 is 13.2 Å². The number of benzene rings is 3. The second kappa shape index (κ2) is 9.03. The largest absolute Gasteiger partial charge is 0.292 e. The van der Waals surface area contributed by atoms with Crippen molar-refractivity contribution in [3.05, 3.63) is 101 Å². The van der Waals surface area contributed by atoms with E-state index in [4.69, 9.17) is 0 Å². The second-order valence-electron chi connectivity index (χ2n) is 6.95. The molecule has 0 radical (unpaired) electrons. The first-order valence-corrected chi connectivity index (χ1v) is 11.6. The first-order valence-electron chi connectivity index (χ1n) is 9.17. The molecule has 6 heteroatoms. The Balaban J connectivity index is 1.99. The third kappa shape index (κ3) is 5.21. The van der Waals surface area contributed by atoms with Crippen LogP contribution in [0.3, 0.4) is 0 Å². The van der Waals surface area contributed by atoms with Crippen LogP contribution in [0.15, 0.2) is 83.8 Å². The molecule has 0 bridgehead atoms. The monoisotopic (exact) mass is 471 g/mol. The van der Waals surface area contributed by atoms with Crippen molar-refractivity contribution in [2.75, 3.05) is 0 Å². The molecule has 0 saturated carbocycles. The lowest BCUT2D eigenvalue weighted by Gasteiger charge is -2.23. The van der Waals surface area contributed by atoms with Crippen LogP contribution in [0.2, 0.25) is 0 Å². The van der Waals surface area contributed by atoms with Gasteiger partial charge >= 0.3 is 0 Å². The highest BCUT2D eigenvalue weighted by molar-refractivity contribution is 9.09. The number of ketones is 1. The molecule has 4 nitrogen and oxygen atoms in total. The topological polar surface area (TPSA) is 63.2 Å². The molecule has 29 heavy (non-hydrogen) atoms. The van der Waals surface area contributed by atoms with Gasteiger partial charge < -0.3 is 0 Å². The number of alkyl halides is 1. The predicted molar refractivity (Wildman–Crippen MR) is 119 cm³/mol. The molecule has 150 valence electrons. The number of aryl methyl sites for hydroxylation is 2. The van der Waals surface area contributed by atoms with E-state index in [-0.39, 0.29) is 10.7 Å². The Bertz CT molecular complexity index is 1080. The van der Waals surface area contributed by atoms with E-state index in [0.29, 0.717) is 5.56 Å². The number of rotatable bonds is 7. The van der Waals surface area contributed by atoms with Gasteiger partial charge in [0.25, 0.3) is 0 Å².